The number of rotatable bonds is 7. The molecule has 33 heavy (non-hydrogen) atoms. The van der Waals surface area contributed by atoms with Gasteiger partial charge in [-0.15, -0.1) is 11.8 Å². The molecule has 10 heteroatoms. The van der Waals surface area contributed by atoms with E-state index in [2.05, 4.69) is 51.3 Å². The third-order valence-corrected chi connectivity index (χ3v) is 9.36. The van der Waals surface area contributed by atoms with Crippen LogP contribution in [-0.2, 0) is 16.1 Å². The third kappa shape index (κ3) is 3.73. The molecule has 2 aromatic heterocycles. The highest BCUT2D eigenvalue weighted by Crippen LogP contribution is 2.51. The van der Waals surface area contributed by atoms with Crippen LogP contribution in [0.25, 0.3) is 10.9 Å². The van der Waals surface area contributed by atoms with Crippen LogP contribution in [0.15, 0.2) is 34.6 Å². The van der Waals surface area contributed by atoms with Crippen molar-refractivity contribution in [2.45, 2.75) is 57.2 Å². The quantitative estimate of drug-likeness (QED) is 0.437. The van der Waals surface area contributed by atoms with Gasteiger partial charge < -0.3 is 25.2 Å². The number of hydrogen-bond donors (Lipinski definition) is 2. The van der Waals surface area contributed by atoms with Crippen molar-refractivity contribution < 1.29 is 24.4 Å². The molecule has 2 saturated heterocycles. The van der Waals surface area contributed by atoms with Gasteiger partial charge in [0.25, 0.3) is 0 Å². The predicted molar refractivity (Wildman–Crippen MR) is 125 cm³/mol. The van der Waals surface area contributed by atoms with Crippen molar-refractivity contribution in [1.29, 1.82) is 0 Å². The predicted octanol–water partition coefficient (Wildman–Crippen LogP) is 0.604. The zero-order chi connectivity index (χ0) is 23.4. The first-order chi connectivity index (χ1) is 15.8. The molecule has 3 aliphatic rings. The van der Waals surface area contributed by atoms with Crippen LogP contribution in [0, 0.1) is 11.8 Å². The lowest BCUT2D eigenvalue weighted by atomic mass is 9.79. The molecule has 0 aromatic carbocycles. The zero-order valence-corrected chi connectivity index (χ0v) is 20.4. The maximum Gasteiger partial charge on any atom is 0.250 e. The summed E-state index contributed by atoms with van der Waals surface area (Å²) in [6.45, 7) is 7.34. The molecule has 1 amide bonds. The fourth-order valence-corrected chi connectivity index (χ4v) is 7.61. The van der Waals surface area contributed by atoms with E-state index in [0.717, 1.165) is 25.2 Å². The summed E-state index contributed by atoms with van der Waals surface area (Å²) < 4.78 is 4.34. The van der Waals surface area contributed by atoms with Crippen molar-refractivity contribution in [2.75, 3.05) is 6.54 Å². The molecule has 0 spiro atoms. The molecule has 0 unspecified atom stereocenters. The summed E-state index contributed by atoms with van der Waals surface area (Å²) in [4.78, 5) is 27.6. The largest absolute Gasteiger partial charge is 0.543 e. The number of imidazole rings is 1. The number of thioether (sulfide) groups is 1. The summed E-state index contributed by atoms with van der Waals surface area (Å²) in [5.41, 5.74) is 1.13. The summed E-state index contributed by atoms with van der Waals surface area (Å²) in [5, 5.41) is 27.8. The van der Waals surface area contributed by atoms with Crippen molar-refractivity contribution in [1.82, 2.24) is 14.6 Å². The van der Waals surface area contributed by atoms with Crippen LogP contribution in [0.3, 0.4) is 0 Å². The number of aliphatic hydroxyl groups excluding tert-OH is 1. The molecule has 2 N–H and O–H groups in total. The van der Waals surface area contributed by atoms with E-state index in [1.807, 2.05) is 6.92 Å². The maximum atomic E-state index is 12.5. The molecule has 6 atom stereocenters. The Morgan fingerprint density at radius 2 is 2.30 bits per heavy atom. The highest BCUT2D eigenvalue weighted by Gasteiger charge is 2.58. The number of thiazole rings is 1. The van der Waals surface area contributed by atoms with Gasteiger partial charge in [0, 0.05) is 34.0 Å². The fraction of sp³-hybridized carbons (Fsp3) is 0.522. The van der Waals surface area contributed by atoms with E-state index < -0.39 is 18.0 Å². The van der Waals surface area contributed by atoms with E-state index in [4.69, 9.17) is 0 Å². The smallest absolute Gasteiger partial charge is 0.250 e. The van der Waals surface area contributed by atoms with Crippen LogP contribution in [-0.4, -0.2) is 56.3 Å². The topological polar surface area (TPSA) is 101 Å². The molecule has 2 fully saturated rings. The van der Waals surface area contributed by atoms with E-state index in [9.17, 15) is 19.8 Å². The summed E-state index contributed by atoms with van der Waals surface area (Å²) in [6.07, 6.45) is 8.62. The van der Waals surface area contributed by atoms with Gasteiger partial charge in [-0.25, -0.2) is 4.57 Å². The number of nitrogens with zero attached hydrogens (tertiary/aromatic N) is 3. The summed E-state index contributed by atoms with van der Waals surface area (Å²) in [5.74, 6) is -2.32. The number of carboxylic acids is 1. The molecule has 3 aliphatic heterocycles. The lowest BCUT2D eigenvalue weighted by molar-refractivity contribution is -0.692. The second-order valence-electron chi connectivity index (χ2n) is 9.05. The molecule has 5 rings (SSSR count). The molecule has 5 heterocycles. The molecule has 176 valence electrons. The minimum absolute atomic E-state index is 0.00380. The van der Waals surface area contributed by atoms with Gasteiger partial charge in [0.15, 0.2) is 0 Å². The van der Waals surface area contributed by atoms with Gasteiger partial charge in [-0.3, -0.25) is 4.79 Å². The summed E-state index contributed by atoms with van der Waals surface area (Å²) >= 11 is 3.25. The first-order valence-corrected chi connectivity index (χ1v) is 13.1. The minimum atomic E-state index is -1.32. The Labute approximate surface area is 200 Å². The van der Waals surface area contributed by atoms with Crippen LogP contribution >= 0.6 is 23.1 Å². The lowest BCUT2D eigenvalue weighted by Gasteiger charge is -2.47. The second kappa shape index (κ2) is 8.57. The Bertz CT molecular complexity index is 1170. The van der Waals surface area contributed by atoms with Crippen molar-refractivity contribution in [3.05, 3.63) is 40.3 Å². The number of carboxylic acid groups (broad SMARTS) is 1. The van der Waals surface area contributed by atoms with E-state index in [1.165, 1.54) is 21.5 Å². The van der Waals surface area contributed by atoms with Gasteiger partial charge in [0.2, 0.25) is 17.1 Å². The number of β-lactam (4-membered cyclic amide) rings is 1. The zero-order valence-electron chi connectivity index (χ0n) is 18.8. The number of aromatic nitrogens is 2. The molecule has 0 radical (unpaired) electrons. The van der Waals surface area contributed by atoms with E-state index in [1.54, 1.807) is 18.3 Å². The molecule has 0 bridgehead atoms. The van der Waals surface area contributed by atoms with E-state index >= 15 is 0 Å². The van der Waals surface area contributed by atoms with Gasteiger partial charge in [0.05, 0.1) is 36.3 Å². The number of hydrogen-bond acceptors (Lipinski definition) is 7. The Kier molecular flexibility index (Phi) is 5.88. The monoisotopic (exact) mass is 488 g/mol. The van der Waals surface area contributed by atoms with Crippen LogP contribution in [0.4, 0.5) is 0 Å². The van der Waals surface area contributed by atoms with Crippen molar-refractivity contribution in [3.63, 3.8) is 0 Å². The van der Waals surface area contributed by atoms with Crippen LogP contribution in [0.2, 0.25) is 0 Å². The number of fused-ring (bicyclic) bond motifs is 2. The van der Waals surface area contributed by atoms with Gasteiger partial charge in [0.1, 0.15) is 11.9 Å². The van der Waals surface area contributed by atoms with Gasteiger partial charge in [-0.1, -0.05) is 24.3 Å². The minimum Gasteiger partial charge on any atom is -0.543 e. The number of nitrogens with one attached hydrogen (secondary N) is 1. The van der Waals surface area contributed by atoms with Crippen molar-refractivity contribution in [2.24, 2.45) is 11.8 Å². The van der Waals surface area contributed by atoms with E-state index in [-0.39, 0.29) is 34.9 Å². The normalized spacial score (nSPS) is 30.5. The first kappa shape index (κ1) is 22.6. The highest BCUT2D eigenvalue weighted by atomic mass is 32.2. The van der Waals surface area contributed by atoms with Crippen LogP contribution < -0.4 is 15.0 Å². The van der Waals surface area contributed by atoms with Gasteiger partial charge in [-0.2, -0.15) is 4.40 Å². The Hall–Kier alpha value is -2.14. The fourth-order valence-electron chi connectivity index (χ4n) is 5.23. The summed E-state index contributed by atoms with van der Waals surface area (Å²) in [7, 11) is 0. The first-order valence-electron chi connectivity index (χ1n) is 11.3. The standard InChI is InChI=1S/C23H28N4O4S2/c1-4-25-9-17-26(11-25)15(10-32-17)6-5-14-7-16(8-24-14)33-21-12(2)19-18(13(3)28)22(29)27(19)20(21)23(30)31/h5-6,9-14,16,18-19,24,28H,4,7-8H2,1-3H3/b6-5-/t12-,13-,14-,16+,18-,19-/m1/s1. The number of amides is 1. The van der Waals surface area contributed by atoms with Gasteiger partial charge in [-0.05, 0) is 26.3 Å². The number of aryl methyl sites for hydroxylation is 1. The molecule has 0 saturated carbocycles. The molecular weight excluding hydrogens is 460 g/mol. The highest BCUT2D eigenvalue weighted by molar-refractivity contribution is 8.03. The maximum absolute atomic E-state index is 12.5. The van der Waals surface area contributed by atoms with E-state index in [0.29, 0.717) is 4.91 Å². The lowest BCUT2D eigenvalue weighted by Crippen LogP contribution is -2.64. The average Bonchev–Trinajstić information content (AvgIpc) is 3.50. The Balaban J connectivity index is 1.28. The number of carbonyl (C=O) groups is 2. The number of aliphatic carboxylic acids is 1. The molecule has 0 aliphatic carbocycles. The van der Waals surface area contributed by atoms with Gasteiger partial charge >= 0.3 is 0 Å². The number of carbonyl (C=O) groups excluding carboxylic acids is 2. The molecular formula is C23H28N4O4S2. The van der Waals surface area contributed by atoms with Crippen LogP contribution in [0.5, 0.6) is 0 Å². The Morgan fingerprint density at radius 1 is 1.52 bits per heavy atom. The SMILES string of the molecule is CC[n+]1cc2scc(/C=C\[C@@H]3C[C@H](SC4=C(C(=O)[O-])N5C(=O)[C@H]([C@@H](C)O)[C@H]5[C@H]4C)CN3)n2c1. The van der Waals surface area contributed by atoms with Crippen molar-refractivity contribution in [3.8, 4) is 0 Å². The number of aliphatic hydroxyl groups is 1. The second-order valence-corrected chi connectivity index (χ2v) is 11.3. The molecule has 2 aromatic rings. The average molecular weight is 489 g/mol. The van der Waals surface area contributed by atoms with Crippen LogP contribution in [0.1, 0.15) is 32.9 Å². The van der Waals surface area contributed by atoms with Crippen molar-refractivity contribution >= 4 is 45.9 Å². The Morgan fingerprint density at radius 3 is 3.00 bits per heavy atom. The third-order valence-electron chi connectivity index (χ3n) is 6.94. The molecule has 8 nitrogen and oxygen atoms in total. The summed E-state index contributed by atoms with van der Waals surface area (Å²) in [6, 6.07) is -0.106.